The first-order valence-corrected chi connectivity index (χ1v) is 9.02. The van der Waals surface area contributed by atoms with E-state index in [1.807, 2.05) is 0 Å². The van der Waals surface area contributed by atoms with E-state index in [0.717, 1.165) is 0 Å². The highest BCUT2D eigenvalue weighted by Crippen LogP contribution is 2.46. The molecule has 0 saturated carbocycles. The number of aliphatic hydroxyl groups excluding tert-OH is 2. The minimum atomic E-state index is -4.46. The van der Waals surface area contributed by atoms with Crippen LogP contribution in [0.15, 0.2) is 12.5 Å². The summed E-state index contributed by atoms with van der Waals surface area (Å²) in [6.45, 7) is 6.68. The number of fused-ring (bicyclic) bond motifs is 1. The number of aromatic nitrogens is 3. The standard InChI is InChI=1S/C12H15N5O7P2/c1-14-5-2-17(11-7(5)10(13)15-4-16-11)12-9(19)8(18)6(23-12)3-22-26(20,21)24-25/h2,4,6,8-9,12,18-19H,3,25H2,(H,20,21)(H2,13,15,16)/t6-,8-,9-,12-/m1/s1/i25D/t6-,8-,9-,12-,25?. The molecule has 12 nitrogen and oxygen atoms in total. The lowest BCUT2D eigenvalue weighted by Crippen LogP contribution is -2.33. The first-order chi connectivity index (χ1) is 12.8. The number of nitrogen functional groups attached to an aromatic ring is 1. The second kappa shape index (κ2) is 7.15. The number of aliphatic hydroxyl groups is 2. The number of nitrogens with two attached hydrogens (primary N) is 1. The Bertz CT molecular complexity index is 937. The van der Waals surface area contributed by atoms with E-state index in [2.05, 4.69) is 23.6 Å². The van der Waals surface area contributed by atoms with E-state index in [4.69, 9.17) is 18.3 Å². The third-order valence-corrected chi connectivity index (χ3v) is 5.27. The minimum Gasteiger partial charge on any atom is -0.387 e. The van der Waals surface area contributed by atoms with Gasteiger partial charge in [0.25, 0.3) is 0 Å². The summed E-state index contributed by atoms with van der Waals surface area (Å²) in [6, 6.07) is 0. The molecule has 0 radical (unpaired) electrons. The zero-order valence-electron chi connectivity index (χ0n) is 14.0. The van der Waals surface area contributed by atoms with Crippen LogP contribution in [0, 0.1) is 6.57 Å². The highest BCUT2D eigenvalue weighted by Gasteiger charge is 2.45. The molecular weight excluding hydrogens is 388 g/mol. The summed E-state index contributed by atoms with van der Waals surface area (Å²) in [5.41, 5.74) is 6.15. The number of ether oxygens (including phenoxy) is 1. The predicted octanol–water partition coefficient (Wildman–Crippen LogP) is 0.107. The monoisotopic (exact) mass is 404 g/mol. The van der Waals surface area contributed by atoms with Gasteiger partial charge in [-0.15, -0.1) is 0 Å². The smallest absolute Gasteiger partial charge is 0.387 e. The Morgan fingerprint density at radius 2 is 2.31 bits per heavy atom. The number of nitrogens with zero attached hydrogens (tertiary/aromatic N) is 4. The molecule has 3 heterocycles. The van der Waals surface area contributed by atoms with E-state index >= 15 is 0 Å². The molecule has 26 heavy (non-hydrogen) atoms. The van der Waals surface area contributed by atoms with Crippen LogP contribution >= 0.6 is 17.2 Å². The van der Waals surface area contributed by atoms with Gasteiger partial charge >= 0.3 is 7.82 Å². The minimum absolute atomic E-state index is 0.0762. The summed E-state index contributed by atoms with van der Waals surface area (Å²) in [6.07, 6.45) is -2.69. The predicted molar refractivity (Wildman–Crippen MR) is 90.7 cm³/mol. The normalized spacial score (nSPS) is 29.1. The lowest BCUT2D eigenvalue weighted by atomic mass is 10.1. The third-order valence-electron chi connectivity index (χ3n) is 3.87. The second-order valence-electron chi connectivity index (χ2n) is 5.39. The fourth-order valence-electron chi connectivity index (χ4n) is 2.66. The molecule has 1 aliphatic heterocycles. The van der Waals surface area contributed by atoms with E-state index in [-0.39, 0.29) is 22.5 Å². The van der Waals surface area contributed by atoms with Crippen molar-refractivity contribution in [2.24, 2.45) is 0 Å². The summed E-state index contributed by atoms with van der Waals surface area (Å²) < 4.78 is 34.1. The number of hydrogen-bond donors (Lipinski definition) is 4. The molecule has 14 heteroatoms. The van der Waals surface area contributed by atoms with Crippen LogP contribution in [0.2, 0.25) is 0 Å². The highest BCUT2D eigenvalue weighted by atomic mass is 31.2. The van der Waals surface area contributed by atoms with Crippen LogP contribution in [0.4, 0.5) is 11.5 Å². The average molecular weight is 404 g/mol. The van der Waals surface area contributed by atoms with Gasteiger partial charge in [-0.2, -0.15) is 0 Å². The van der Waals surface area contributed by atoms with Crippen molar-refractivity contribution >= 4 is 39.8 Å². The van der Waals surface area contributed by atoms with Crippen LogP contribution in [-0.2, 0) is 18.1 Å². The molecule has 3 rings (SSSR count). The number of phosphoric ester groups is 1. The summed E-state index contributed by atoms with van der Waals surface area (Å²) in [5.74, 6) is 0.0762. The van der Waals surface area contributed by atoms with Crippen molar-refractivity contribution in [3.63, 3.8) is 0 Å². The van der Waals surface area contributed by atoms with Gasteiger partial charge in [0.05, 0.1) is 19.8 Å². The molecule has 5 N–H and O–H groups in total. The molecule has 2 aromatic rings. The van der Waals surface area contributed by atoms with E-state index in [1.165, 1.54) is 17.1 Å². The summed E-state index contributed by atoms with van der Waals surface area (Å²) >= 11 is 0. The van der Waals surface area contributed by atoms with Crippen LogP contribution in [0.25, 0.3) is 15.9 Å². The van der Waals surface area contributed by atoms with Gasteiger partial charge in [-0.1, -0.05) is 0 Å². The molecule has 0 spiro atoms. The lowest BCUT2D eigenvalue weighted by molar-refractivity contribution is -0.0496. The van der Waals surface area contributed by atoms with Crippen LogP contribution in [0.3, 0.4) is 0 Å². The van der Waals surface area contributed by atoms with E-state index < -0.39 is 48.4 Å². The van der Waals surface area contributed by atoms with Crippen molar-refractivity contribution in [1.29, 1.82) is 1.28 Å². The van der Waals surface area contributed by atoms with Gasteiger partial charge in [-0.25, -0.2) is 19.4 Å². The van der Waals surface area contributed by atoms with Gasteiger partial charge in [0.1, 0.15) is 36.1 Å². The molecule has 2 aromatic heterocycles. The Hall–Kier alpha value is -1.67. The second-order valence-corrected chi connectivity index (χ2v) is 7.32. The van der Waals surface area contributed by atoms with E-state index in [9.17, 15) is 19.7 Å². The lowest BCUT2D eigenvalue weighted by Gasteiger charge is -2.17. The van der Waals surface area contributed by atoms with Gasteiger partial charge in [0.15, 0.2) is 6.23 Å². The zero-order valence-corrected chi connectivity index (χ0v) is 14.9. The first kappa shape index (κ1) is 17.7. The average Bonchev–Trinajstić information content (AvgIpc) is 3.13. The summed E-state index contributed by atoms with van der Waals surface area (Å²) in [5, 5.41) is 20.8. The van der Waals surface area contributed by atoms with Gasteiger partial charge in [0, 0.05) is 15.6 Å². The molecule has 140 valence electrons. The van der Waals surface area contributed by atoms with Crippen molar-refractivity contribution in [3.05, 3.63) is 23.9 Å². The number of hydrogen-bond acceptors (Lipinski definition) is 9. The van der Waals surface area contributed by atoms with Gasteiger partial charge in [-0.05, 0) is 0 Å². The maximum atomic E-state index is 11.5. The molecule has 1 aliphatic rings. The van der Waals surface area contributed by atoms with Crippen molar-refractivity contribution in [2.75, 3.05) is 12.3 Å². The van der Waals surface area contributed by atoms with Crippen molar-refractivity contribution < 1.29 is 33.2 Å². The van der Waals surface area contributed by atoms with Crippen LogP contribution in [0.1, 0.15) is 6.23 Å². The Labute approximate surface area is 150 Å². The Kier molecular flexibility index (Phi) is 4.88. The number of rotatable bonds is 6. The maximum Gasteiger partial charge on any atom is 0.474 e. The third kappa shape index (κ3) is 3.32. The Morgan fingerprint density at radius 3 is 3.00 bits per heavy atom. The fraction of sp³-hybridized carbons (Fsp3) is 0.417. The van der Waals surface area contributed by atoms with Gasteiger partial charge in [-0.3, -0.25) is 8.83 Å². The van der Waals surface area contributed by atoms with Gasteiger partial charge < -0.3 is 30.1 Å². The first-order valence-electron chi connectivity index (χ1n) is 7.61. The molecule has 2 unspecified atom stereocenters. The molecule has 0 aromatic carbocycles. The van der Waals surface area contributed by atoms with Crippen molar-refractivity contribution in [1.82, 2.24) is 14.5 Å². The Balaban J connectivity index is 1.87. The van der Waals surface area contributed by atoms with Crippen LogP contribution < -0.4 is 5.73 Å². The molecular formula is C12H15N5O7P2. The topological polar surface area (TPSA) is 167 Å². The molecule has 1 saturated heterocycles. The maximum absolute atomic E-state index is 11.5. The largest absolute Gasteiger partial charge is 0.474 e. The highest BCUT2D eigenvalue weighted by molar-refractivity contribution is 7.52. The van der Waals surface area contributed by atoms with E-state index in [1.54, 1.807) is 0 Å². The van der Waals surface area contributed by atoms with Crippen molar-refractivity contribution in [3.8, 4) is 0 Å². The SMILES string of the molecule is [2H]POP(=O)(O)OC[C@H]1O[C@@H](n2cc([N+]#[C-])c3c(N)ncnc32)[C@H](O)[C@@H]1O. The molecule has 0 bridgehead atoms. The molecule has 0 aliphatic carbocycles. The quantitative estimate of drug-likeness (QED) is 0.383. The molecule has 6 atom stereocenters. The number of anilines is 1. The summed E-state index contributed by atoms with van der Waals surface area (Å²) in [7, 11) is -5.48. The van der Waals surface area contributed by atoms with Crippen LogP contribution in [-0.4, -0.2) is 55.8 Å². The summed E-state index contributed by atoms with van der Waals surface area (Å²) in [4.78, 5) is 20.6. The molecule has 0 amide bonds. The van der Waals surface area contributed by atoms with Crippen molar-refractivity contribution in [2.45, 2.75) is 24.5 Å². The van der Waals surface area contributed by atoms with Gasteiger partial charge in [0.2, 0.25) is 5.69 Å². The van der Waals surface area contributed by atoms with Crippen LogP contribution in [0.5, 0.6) is 0 Å². The van der Waals surface area contributed by atoms with E-state index in [0.29, 0.717) is 0 Å². The zero-order chi connectivity index (χ0) is 19.8. The Morgan fingerprint density at radius 1 is 1.54 bits per heavy atom. The number of phosphoric acid groups is 1. The molecule has 1 fully saturated rings. The fourth-order valence-corrected chi connectivity index (χ4v) is 3.20.